The molecule has 0 aliphatic carbocycles. The van der Waals surface area contributed by atoms with Gasteiger partial charge in [-0.2, -0.15) is 0 Å². The first-order valence-electron chi connectivity index (χ1n) is 11.0. The van der Waals surface area contributed by atoms with Crippen molar-refractivity contribution in [2.45, 2.75) is 31.8 Å². The summed E-state index contributed by atoms with van der Waals surface area (Å²) in [6, 6.07) is 14.5. The molecule has 2 fully saturated rings. The van der Waals surface area contributed by atoms with Gasteiger partial charge in [-0.15, -0.1) is 0 Å². The number of rotatable bonds is 7. The maximum Gasteiger partial charge on any atom is 0.253 e. The van der Waals surface area contributed by atoms with E-state index in [1.807, 2.05) is 23.1 Å². The SMILES string of the molecule is COc1ccc(C(=O)C2CCN(C(=O)c3cccc(OC[C@H]4CCCO4)c3)CC2)cc1. The number of nitrogens with zero attached hydrogens (tertiary/aromatic N) is 1. The summed E-state index contributed by atoms with van der Waals surface area (Å²) in [5.41, 5.74) is 1.31. The first kappa shape index (κ1) is 21.4. The third-order valence-corrected chi connectivity index (χ3v) is 6.07. The number of amides is 1. The molecule has 0 spiro atoms. The first-order chi connectivity index (χ1) is 15.1. The Morgan fingerprint density at radius 3 is 2.45 bits per heavy atom. The molecule has 0 radical (unpaired) electrons. The van der Waals surface area contributed by atoms with Crippen LogP contribution in [0, 0.1) is 5.92 Å². The molecule has 164 valence electrons. The summed E-state index contributed by atoms with van der Waals surface area (Å²) in [5, 5.41) is 0. The Kier molecular flexibility index (Phi) is 6.87. The van der Waals surface area contributed by atoms with Crippen molar-refractivity contribution in [3.05, 3.63) is 59.7 Å². The number of hydrogen-bond donors (Lipinski definition) is 0. The van der Waals surface area contributed by atoms with Crippen LogP contribution in [0.5, 0.6) is 11.5 Å². The number of carbonyl (C=O) groups excluding carboxylic acids is 2. The molecule has 6 heteroatoms. The van der Waals surface area contributed by atoms with Gasteiger partial charge in [-0.3, -0.25) is 9.59 Å². The molecule has 0 saturated carbocycles. The Hall–Kier alpha value is -2.86. The normalized spacial score (nSPS) is 19.3. The maximum absolute atomic E-state index is 13.0. The van der Waals surface area contributed by atoms with E-state index >= 15 is 0 Å². The first-order valence-corrected chi connectivity index (χ1v) is 11.0. The number of ether oxygens (including phenoxy) is 3. The molecule has 2 aromatic rings. The zero-order chi connectivity index (χ0) is 21.6. The molecular formula is C25H29NO5. The molecule has 0 bridgehead atoms. The lowest BCUT2D eigenvalue weighted by atomic mass is 9.88. The number of Topliss-reactive ketones (excluding diaryl/α,β-unsaturated/α-hetero) is 1. The van der Waals surface area contributed by atoms with Crippen molar-refractivity contribution < 1.29 is 23.8 Å². The van der Waals surface area contributed by atoms with Crippen LogP contribution in [0.2, 0.25) is 0 Å². The molecule has 2 aliphatic rings. The van der Waals surface area contributed by atoms with E-state index in [9.17, 15) is 9.59 Å². The summed E-state index contributed by atoms with van der Waals surface area (Å²) >= 11 is 0. The molecule has 1 atom stereocenters. The molecule has 0 unspecified atom stereocenters. The fourth-order valence-electron chi connectivity index (χ4n) is 4.20. The van der Waals surface area contributed by atoms with Gasteiger partial charge in [0.2, 0.25) is 0 Å². The monoisotopic (exact) mass is 423 g/mol. The van der Waals surface area contributed by atoms with E-state index in [1.54, 1.807) is 37.4 Å². The van der Waals surface area contributed by atoms with Crippen LogP contribution in [-0.2, 0) is 4.74 Å². The van der Waals surface area contributed by atoms with E-state index in [-0.39, 0.29) is 23.7 Å². The highest BCUT2D eigenvalue weighted by Crippen LogP contribution is 2.25. The molecule has 0 aromatic heterocycles. The topological polar surface area (TPSA) is 65.1 Å². The van der Waals surface area contributed by atoms with Crippen molar-refractivity contribution in [2.75, 3.05) is 33.4 Å². The highest BCUT2D eigenvalue weighted by molar-refractivity contribution is 5.98. The van der Waals surface area contributed by atoms with E-state index in [0.717, 1.165) is 25.2 Å². The van der Waals surface area contributed by atoms with Crippen molar-refractivity contribution in [3.63, 3.8) is 0 Å². The highest BCUT2D eigenvalue weighted by atomic mass is 16.5. The zero-order valence-electron chi connectivity index (χ0n) is 17.9. The number of ketones is 1. The number of piperidine rings is 1. The largest absolute Gasteiger partial charge is 0.497 e. The average Bonchev–Trinajstić information content (AvgIpc) is 3.36. The minimum atomic E-state index is -0.0569. The van der Waals surface area contributed by atoms with Crippen molar-refractivity contribution >= 4 is 11.7 Å². The third-order valence-electron chi connectivity index (χ3n) is 6.07. The average molecular weight is 424 g/mol. The third kappa shape index (κ3) is 5.25. The van der Waals surface area contributed by atoms with Gasteiger partial charge in [0.05, 0.1) is 13.2 Å². The molecular weight excluding hydrogens is 394 g/mol. The summed E-state index contributed by atoms with van der Waals surface area (Å²) in [4.78, 5) is 27.6. The number of methoxy groups -OCH3 is 1. The lowest BCUT2D eigenvalue weighted by Gasteiger charge is -2.31. The second-order valence-corrected chi connectivity index (χ2v) is 8.13. The lowest BCUT2D eigenvalue weighted by Crippen LogP contribution is -2.40. The van der Waals surface area contributed by atoms with Gasteiger partial charge < -0.3 is 19.1 Å². The summed E-state index contributed by atoms with van der Waals surface area (Å²) in [6.07, 6.45) is 3.57. The van der Waals surface area contributed by atoms with Crippen LogP contribution in [0.25, 0.3) is 0 Å². The van der Waals surface area contributed by atoms with Gasteiger partial charge in [0, 0.05) is 36.7 Å². The fraction of sp³-hybridized carbons (Fsp3) is 0.440. The van der Waals surface area contributed by atoms with Crippen LogP contribution in [0.15, 0.2) is 48.5 Å². The smallest absolute Gasteiger partial charge is 0.253 e. The minimum absolute atomic E-state index is 0.0158. The molecule has 1 amide bonds. The van der Waals surface area contributed by atoms with E-state index in [0.29, 0.717) is 49.4 Å². The Bertz CT molecular complexity index is 896. The Morgan fingerprint density at radius 2 is 1.77 bits per heavy atom. The standard InChI is InChI=1S/C25H29NO5/c1-29-21-9-7-18(8-10-21)24(27)19-11-13-26(14-12-19)25(28)20-4-2-5-22(16-20)31-17-23-6-3-15-30-23/h2,4-5,7-10,16,19,23H,3,6,11-15,17H2,1H3/t23-/m1/s1. The van der Waals surface area contributed by atoms with E-state index in [1.165, 1.54) is 0 Å². The number of carbonyl (C=O) groups is 2. The molecule has 6 nitrogen and oxygen atoms in total. The molecule has 2 aromatic carbocycles. The van der Waals surface area contributed by atoms with Crippen molar-refractivity contribution in [2.24, 2.45) is 5.92 Å². The van der Waals surface area contributed by atoms with Crippen LogP contribution in [0.4, 0.5) is 0 Å². The Balaban J connectivity index is 1.31. The Labute approximate surface area is 183 Å². The summed E-state index contributed by atoms with van der Waals surface area (Å²) in [7, 11) is 1.61. The predicted molar refractivity (Wildman–Crippen MR) is 117 cm³/mol. The number of benzene rings is 2. The second-order valence-electron chi connectivity index (χ2n) is 8.13. The van der Waals surface area contributed by atoms with E-state index in [2.05, 4.69) is 0 Å². The van der Waals surface area contributed by atoms with Gasteiger partial charge in [0.25, 0.3) is 5.91 Å². The summed E-state index contributed by atoms with van der Waals surface area (Å²) < 4.78 is 16.6. The van der Waals surface area contributed by atoms with Gasteiger partial charge in [-0.05, 0) is 68.1 Å². The lowest BCUT2D eigenvalue weighted by molar-refractivity contribution is 0.0645. The molecule has 0 N–H and O–H groups in total. The van der Waals surface area contributed by atoms with Crippen LogP contribution >= 0.6 is 0 Å². The van der Waals surface area contributed by atoms with Crippen LogP contribution < -0.4 is 9.47 Å². The van der Waals surface area contributed by atoms with Crippen LogP contribution in [0.3, 0.4) is 0 Å². The predicted octanol–water partition coefficient (Wildman–Crippen LogP) is 3.99. The van der Waals surface area contributed by atoms with Gasteiger partial charge >= 0.3 is 0 Å². The maximum atomic E-state index is 13.0. The van der Waals surface area contributed by atoms with Crippen molar-refractivity contribution in [1.82, 2.24) is 4.90 Å². The van der Waals surface area contributed by atoms with Crippen molar-refractivity contribution in [1.29, 1.82) is 0 Å². The highest BCUT2D eigenvalue weighted by Gasteiger charge is 2.28. The van der Waals surface area contributed by atoms with Gasteiger partial charge in [0.15, 0.2) is 5.78 Å². The molecule has 2 aliphatic heterocycles. The van der Waals surface area contributed by atoms with Crippen LogP contribution in [-0.4, -0.2) is 56.1 Å². The second kappa shape index (κ2) is 9.96. The van der Waals surface area contributed by atoms with E-state index in [4.69, 9.17) is 14.2 Å². The van der Waals surface area contributed by atoms with Crippen molar-refractivity contribution in [3.8, 4) is 11.5 Å². The molecule has 4 rings (SSSR count). The van der Waals surface area contributed by atoms with Gasteiger partial charge in [-0.25, -0.2) is 0 Å². The quantitative estimate of drug-likeness (QED) is 0.630. The summed E-state index contributed by atoms with van der Waals surface area (Å²) in [6.45, 7) is 2.46. The molecule has 2 saturated heterocycles. The minimum Gasteiger partial charge on any atom is -0.497 e. The fourth-order valence-corrected chi connectivity index (χ4v) is 4.20. The number of likely N-dealkylation sites (tertiary alicyclic amines) is 1. The van der Waals surface area contributed by atoms with E-state index < -0.39 is 0 Å². The zero-order valence-corrected chi connectivity index (χ0v) is 17.9. The summed E-state index contributed by atoms with van der Waals surface area (Å²) in [5.74, 6) is 1.49. The number of hydrogen-bond acceptors (Lipinski definition) is 5. The van der Waals surface area contributed by atoms with Crippen LogP contribution in [0.1, 0.15) is 46.4 Å². The van der Waals surface area contributed by atoms with Gasteiger partial charge in [-0.1, -0.05) is 6.07 Å². The Morgan fingerprint density at radius 1 is 1.00 bits per heavy atom. The molecule has 31 heavy (non-hydrogen) atoms. The molecule has 2 heterocycles. The van der Waals surface area contributed by atoms with Gasteiger partial charge in [0.1, 0.15) is 18.1 Å².